The first kappa shape index (κ1) is 20.4. The number of benzene rings is 1. The van der Waals surface area contributed by atoms with Gasteiger partial charge in [-0.15, -0.1) is 4.36 Å². The highest BCUT2D eigenvalue weighted by atomic mass is 32.2. The molecular formula is C21H26FN5O3S. The monoisotopic (exact) mass is 447 g/mol. The lowest BCUT2D eigenvalue weighted by Gasteiger charge is -2.31. The average Bonchev–Trinajstić information content (AvgIpc) is 3.22. The van der Waals surface area contributed by atoms with Gasteiger partial charge in [0.1, 0.15) is 11.1 Å². The van der Waals surface area contributed by atoms with Gasteiger partial charge in [-0.3, -0.25) is 0 Å². The maximum absolute atomic E-state index is 14.1. The Morgan fingerprint density at radius 3 is 2.90 bits per heavy atom. The fourth-order valence-corrected chi connectivity index (χ4v) is 5.82. The zero-order valence-electron chi connectivity index (χ0n) is 17.8. The van der Waals surface area contributed by atoms with Gasteiger partial charge < -0.3 is 10.1 Å². The molecule has 3 atom stereocenters. The highest BCUT2D eigenvalue weighted by molar-refractivity contribution is 7.91. The van der Waals surface area contributed by atoms with Gasteiger partial charge >= 0.3 is 6.03 Å². The van der Waals surface area contributed by atoms with Gasteiger partial charge in [-0.1, -0.05) is 26.8 Å². The fourth-order valence-electron chi connectivity index (χ4n) is 4.81. The van der Waals surface area contributed by atoms with Crippen LogP contribution in [0.15, 0.2) is 21.5 Å². The molecule has 3 N–H and O–H groups in total. The van der Waals surface area contributed by atoms with Crippen molar-refractivity contribution in [2.24, 2.45) is 14.9 Å². The van der Waals surface area contributed by atoms with Crippen LogP contribution in [0.1, 0.15) is 48.9 Å². The van der Waals surface area contributed by atoms with Crippen molar-refractivity contribution < 1.29 is 18.1 Å². The molecule has 3 aliphatic rings. The Morgan fingerprint density at radius 1 is 1.39 bits per heavy atom. The first-order valence-electron chi connectivity index (χ1n) is 10.4. The van der Waals surface area contributed by atoms with Crippen LogP contribution in [0.25, 0.3) is 0 Å². The number of nitrogens with zero attached hydrogens (tertiary/aromatic N) is 3. The number of nitrogens with one attached hydrogen (secondary N) is 1. The molecule has 10 heteroatoms. The Balaban J connectivity index is 1.47. The molecule has 2 aliphatic carbocycles. The summed E-state index contributed by atoms with van der Waals surface area (Å²) in [6.07, 6.45) is 1.88. The van der Waals surface area contributed by atoms with E-state index in [1.807, 2.05) is 19.9 Å². The van der Waals surface area contributed by atoms with Gasteiger partial charge in [0.2, 0.25) is 5.88 Å². The second kappa shape index (κ2) is 6.77. The first-order valence-corrected chi connectivity index (χ1v) is 12.0. The van der Waals surface area contributed by atoms with Crippen molar-refractivity contribution in [2.45, 2.75) is 63.6 Å². The van der Waals surface area contributed by atoms with Crippen molar-refractivity contribution in [1.29, 1.82) is 0 Å². The Bertz CT molecular complexity index is 1230. The Hall–Kier alpha value is -2.46. The summed E-state index contributed by atoms with van der Waals surface area (Å²) >= 11 is 0. The third-order valence-corrected chi connectivity index (χ3v) is 7.59. The molecule has 0 spiro atoms. The number of halogens is 1. The molecule has 2 aromatic rings. The normalized spacial score (nSPS) is 24.7. The van der Waals surface area contributed by atoms with Crippen LogP contribution in [0, 0.1) is 5.41 Å². The number of aromatic nitrogens is 2. The van der Waals surface area contributed by atoms with Crippen LogP contribution in [-0.2, 0) is 35.7 Å². The van der Waals surface area contributed by atoms with Crippen LogP contribution in [-0.4, -0.2) is 32.8 Å². The van der Waals surface area contributed by atoms with Crippen molar-refractivity contribution in [2.75, 3.05) is 11.9 Å². The first-order chi connectivity index (χ1) is 14.5. The summed E-state index contributed by atoms with van der Waals surface area (Å²) in [5.74, 6) is 0.540. The second-order valence-corrected chi connectivity index (χ2v) is 11.3. The number of carbonyl (C=O) groups excluding carboxylic acids is 1. The average molecular weight is 448 g/mol. The standard InChI is InChI=1S/C21H26FN5O3S/c1-11-4-13-5-12-6-14(22)7-15(12)18(17(11)13)25-20(28)26-31(23,29)16-8-24-27-9-21(2,3)10-30-19(16)27/h5,8,11,14H,4,6-7,9-10H2,1-3H3,(H3,23,25,26,28,29). The molecule has 3 unspecified atom stereocenters. The summed E-state index contributed by atoms with van der Waals surface area (Å²) in [7, 11) is -3.58. The van der Waals surface area contributed by atoms with Crippen LogP contribution in [0.2, 0.25) is 0 Å². The zero-order valence-corrected chi connectivity index (χ0v) is 18.6. The van der Waals surface area contributed by atoms with E-state index >= 15 is 0 Å². The van der Waals surface area contributed by atoms with Crippen molar-refractivity contribution in [3.8, 4) is 5.88 Å². The molecule has 0 saturated heterocycles. The van der Waals surface area contributed by atoms with Crippen LogP contribution in [0.3, 0.4) is 0 Å². The zero-order chi connectivity index (χ0) is 22.1. The number of fused-ring (bicyclic) bond motifs is 3. The van der Waals surface area contributed by atoms with E-state index in [0.717, 1.165) is 28.7 Å². The van der Waals surface area contributed by atoms with Crippen molar-refractivity contribution in [3.63, 3.8) is 0 Å². The minimum absolute atomic E-state index is 0.0987. The summed E-state index contributed by atoms with van der Waals surface area (Å²) in [4.78, 5) is 12.9. The van der Waals surface area contributed by atoms with E-state index in [-0.39, 0.29) is 28.5 Å². The number of urea groups is 1. The molecule has 166 valence electrons. The molecule has 0 radical (unpaired) electrons. The third-order valence-electron chi connectivity index (χ3n) is 6.24. The third kappa shape index (κ3) is 3.41. The lowest BCUT2D eigenvalue weighted by atomic mass is 9.75. The molecule has 2 heterocycles. The maximum atomic E-state index is 14.1. The van der Waals surface area contributed by atoms with Gasteiger partial charge in [0, 0.05) is 23.9 Å². The summed E-state index contributed by atoms with van der Waals surface area (Å²) in [5.41, 5.74) is 4.33. The van der Waals surface area contributed by atoms with Crippen molar-refractivity contribution in [3.05, 3.63) is 34.5 Å². The second-order valence-electron chi connectivity index (χ2n) is 9.59. The predicted octanol–water partition coefficient (Wildman–Crippen LogP) is 3.33. The summed E-state index contributed by atoms with van der Waals surface area (Å²) < 4.78 is 38.3. The number of amides is 2. The smallest absolute Gasteiger partial charge is 0.354 e. The largest absolute Gasteiger partial charge is 0.476 e. The molecule has 2 amide bonds. The summed E-state index contributed by atoms with van der Waals surface area (Å²) in [6, 6.07) is 1.22. The molecular weight excluding hydrogens is 421 g/mol. The quantitative estimate of drug-likeness (QED) is 0.735. The number of rotatable bonds is 2. The minimum Gasteiger partial charge on any atom is -0.476 e. The lowest BCUT2D eigenvalue weighted by Crippen LogP contribution is -2.33. The number of anilines is 1. The Kier molecular flexibility index (Phi) is 4.46. The molecule has 5 rings (SSSR count). The molecule has 8 nitrogen and oxygen atoms in total. The molecule has 1 aromatic heterocycles. The van der Waals surface area contributed by atoms with Gasteiger partial charge in [-0.25, -0.2) is 23.2 Å². The highest BCUT2D eigenvalue weighted by Crippen LogP contribution is 2.46. The number of hydrogen-bond acceptors (Lipinski definition) is 4. The minimum atomic E-state index is -3.58. The van der Waals surface area contributed by atoms with Crippen molar-refractivity contribution >= 4 is 21.6 Å². The summed E-state index contributed by atoms with van der Waals surface area (Å²) in [6.45, 7) is 7.12. The Labute approximate surface area is 180 Å². The van der Waals surface area contributed by atoms with E-state index in [1.54, 1.807) is 4.68 Å². The highest BCUT2D eigenvalue weighted by Gasteiger charge is 2.35. The van der Waals surface area contributed by atoms with Crippen LogP contribution in [0.4, 0.5) is 14.9 Å². The Morgan fingerprint density at radius 2 is 2.16 bits per heavy atom. The van der Waals surface area contributed by atoms with Crippen molar-refractivity contribution in [1.82, 2.24) is 9.78 Å². The molecule has 0 fully saturated rings. The number of hydrogen-bond donors (Lipinski definition) is 2. The topological polar surface area (TPSA) is 112 Å². The molecule has 31 heavy (non-hydrogen) atoms. The van der Waals surface area contributed by atoms with E-state index in [2.05, 4.69) is 21.7 Å². The van der Waals surface area contributed by atoms with E-state index in [1.165, 1.54) is 6.20 Å². The molecule has 1 aliphatic heterocycles. The van der Waals surface area contributed by atoms with Gasteiger partial charge in [0.05, 0.1) is 19.3 Å². The van der Waals surface area contributed by atoms with Gasteiger partial charge in [0.25, 0.3) is 0 Å². The van der Waals surface area contributed by atoms with E-state index < -0.39 is 22.1 Å². The summed E-state index contributed by atoms with van der Waals surface area (Å²) in [5, 5.41) is 13.0. The van der Waals surface area contributed by atoms with E-state index in [4.69, 9.17) is 9.88 Å². The van der Waals surface area contributed by atoms with E-state index in [9.17, 15) is 13.4 Å². The molecule has 1 aromatic carbocycles. The van der Waals surface area contributed by atoms with Gasteiger partial charge in [0.15, 0.2) is 9.92 Å². The number of nitrogens with two attached hydrogens (primary N) is 1. The predicted molar refractivity (Wildman–Crippen MR) is 114 cm³/mol. The number of carbonyl (C=O) groups is 1. The van der Waals surface area contributed by atoms with Crippen LogP contribution < -0.4 is 15.2 Å². The maximum Gasteiger partial charge on any atom is 0.354 e. The van der Waals surface area contributed by atoms with Crippen LogP contribution in [0.5, 0.6) is 5.88 Å². The van der Waals surface area contributed by atoms with E-state index in [0.29, 0.717) is 25.3 Å². The lowest BCUT2D eigenvalue weighted by molar-refractivity contribution is 0.0972. The van der Waals surface area contributed by atoms with Crippen LogP contribution >= 0.6 is 0 Å². The number of ether oxygens (including phenoxy) is 1. The van der Waals surface area contributed by atoms with Gasteiger partial charge in [-0.2, -0.15) is 5.10 Å². The fraction of sp³-hybridized carbons (Fsp3) is 0.524. The number of alkyl halides is 1. The molecule has 0 bridgehead atoms. The van der Waals surface area contributed by atoms with Gasteiger partial charge in [-0.05, 0) is 34.6 Å². The molecule has 0 saturated carbocycles. The SMILES string of the molecule is CC1Cc2cc3c(c(NC(=O)N=S(N)(=O)c4cnn5c4OCC(C)(C)C5)c21)CC(F)C3.